The van der Waals surface area contributed by atoms with Crippen LogP contribution in [-0.4, -0.2) is 51.7 Å². The molecule has 0 aliphatic carbocycles. The molecule has 0 aromatic heterocycles. The summed E-state index contributed by atoms with van der Waals surface area (Å²) in [4.78, 5) is 0. The number of epoxide rings is 1. The molecule has 1 aliphatic heterocycles. The van der Waals surface area contributed by atoms with Crippen molar-refractivity contribution in [3.8, 4) is 0 Å². The Morgan fingerprint density at radius 3 is 1.96 bits per heavy atom. The topological polar surface area (TPSA) is 49.5 Å². The van der Waals surface area contributed by atoms with Gasteiger partial charge < -0.3 is 23.7 Å². The van der Waals surface area contributed by atoms with E-state index in [1.54, 1.807) is 0 Å². The van der Waals surface area contributed by atoms with Gasteiger partial charge in [-0.25, -0.2) is 0 Å². The van der Waals surface area contributed by atoms with Gasteiger partial charge in [0, 0.05) is 32.3 Å². The Hall–Kier alpha value is -0.200. The molecule has 0 aromatic rings. The Balaban J connectivity index is 2.56. The number of hydrogen-bond donors (Lipinski definition) is 0. The van der Waals surface area contributed by atoms with Crippen LogP contribution in [0.2, 0.25) is 0 Å². The van der Waals surface area contributed by atoms with Crippen LogP contribution in [0.4, 0.5) is 0 Å². The zero-order chi connectivity index (χ0) is 19.1. The first-order chi connectivity index (χ1) is 12.7. The minimum atomic E-state index is -0.943. The quantitative estimate of drug-likeness (QED) is 0.182. The van der Waals surface area contributed by atoms with Crippen molar-refractivity contribution in [2.75, 3.05) is 39.6 Å². The normalized spacial score (nSPS) is 18.2. The molecular formula is C21H42O5. The van der Waals surface area contributed by atoms with E-state index in [1.165, 1.54) is 38.5 Å². The molecule has 1 aliphatic rings. The number of hydrogen-bond acceptors (Lipinski definition) is 5. The maximum Gasteiger partial charge on any atom is 0.285 e. The Morgan fingerprint density at radius 1 is 0.846 bits per heavy atom. The monoisotopic (exact) mass is 374 g/mol. The molecule has 5 heteroatoms. The van der Waals surface area contributed by atoms with Gasteiger partial charge in [-0.3, -0.25) is 0 Å². The summed E-state index contributed by atoms with van der Waals surface area (Å²) < 4.78 is 29.1. The van der Waals surface area contributed by atoms with Gasteiger partial charge in [0.05, 0.1) is 13.2 Å². The van der Waals surface area contributed by atoms with Crippen LogP contribution in [-0.2, 0) is 23.7 Å². The van der Waals surface area contributed by atoms with Crippen LogP contribution in [0.1, 0.15) is 79.1 Å². The van der Waals surface area contributed by atoms with Gasteiger partial charge in [0.1, 0.15) is 6.10 Å². The van der Waals surface area contributed by atoms with Crippen molar-refractivity contribution >= 4 is 0 Å². The fourth-order valence-corrected chi connectivity index (χ4v) is 3.36. The number of rotatable bonds is 19. The van der Waals surface area contributed by atoms with E-state index < -0.39 is 5.97 Å². The molecule has 0 amide bonds. The molecule has 1 saturated heterocycles. The third kappa shape index (κ3) is 9.65. The maximum atomic E-state index is 6.03. The van der Waals surface area contributed by atoms with Crippen molar-refractivity contribution in [1.82, 2.24) is 0 Å². The molecular weight excluding hydrogens is 332 g/mol. The highest BCUT2D eigenvalue weighted by molar-refractivity contribution is 4.74. The van der Waals surface area contributed by atoms with Crippen LogP contribution in [0, 0.1) is 5.92 Å². The molecule has 2 unspecified atom stereocenters. The molecule has 0 N–H and O–H groups in total. The SMILES string of the molecule is CCCCCCCCC(CCOCC1CO1)C(OCC)(OCC)OCC. The van der Waals surface area contributed by atoms with E-state index >= 15 is 0 Å². The van der Waals surface area contributed by atoms with Crippen LogP contribution in [0.3, 0.4) is 0 Å². The first kappa shape index (κ1) is 23.8. The molecule has 0 spiro atoms. The van der Waals surface area contributed by atoms with Gasteiger partial charge in [-0.2, -0.15) is 0 Å². The molecule has 0 aromatic carbocycles. The first-order valence-electron chi connectivity index (χ1n) is 10.8. The third-order valence-corrected chi connectivity index (χ3v) is 4.76. The second-order valence-electron chi connectivity index (χ2n) is 6.97. The van der Waals surface area contributed by atoms with E-state index in [0.29, 0.717) is 39.1 Å². The molecule has 0 saturated carbocycles. The molecule has 156 valence electrons. The lowest BCUT2D eigenvalue weighted by atomic mass is 9.94. The molecule has 1 rings (SSSR count). The summed E-state index contributed by atoms with van der Waals surface area (Å²) in [7, 11) is 0. The van der Waals surface area contributed by atoms with E-state index in [1.807, 2.05) is 20.8 Å². The van der Waals surface area contributed by atoms with Crippen LogP contribution in [0.5, 0.6) is 0 Å². The van der Waals surface area contributed by atoms with Gasteiger partial charge in [-0.15, -0.1) is 0 Å². The highest BCUT2D eigenvalue weighted by Crippen LogP contribution is 2.33. The summed E-state index contributed by atoms with van der Waals surface area (Å²) >= 11 is 0. The predicted molar refractivity (Wildman–Crippen MR) is 104 cm³/mol. The van der Waals surface area contributed by atoms with E-state index in [-0.39, 0.29) is 5.92 Å². The van der Waals surface area contributed by atoms with Crippen molar-refractivity contribution < 1.29 is 23.7 Å². The molecule has 1 heterocycles. The smallest absolute Gasteiger partial charge is 0.285 e. The number of ether oxygens (including phenoxy) is 5. The second-order valence-corrected chi connectivity index (χ2v) is 6.97. The van der Waals surface area contributed by atoms with E-state index in [4.69, 9.17) is 23.7 Å². The van der Waals surface area contributed by atoms with Gasteiger partial charge >= 0.3 is 0 Å². The van der Waals surface area contributed by atoms with Crippen molar-refractivity contribution in [3.05, 3.63) is 0 Å². The summed E-state index contributed by atoms with van der Waals surface area (Å²) in [5.74, 6) is -0.769. The number of unbranched alkanes of at least 4 members (excludes halogenated alkanes) is 5. The zero-order valence-electron chi connectivity index (χ0n) is 17.6. The molecule has 26 heavy (non-hydrogen) atoms. The maximum absolute atomic E-state index is 6.03. The standard InChI is InChI=1S/C21H42O5/c1-5-9-10-11-12-13-14-19(15-16-22-17-20-18-23-20)21(24-6-2,25-7-3)26-8-4/h19-20H,5-18H2,1-4H3. The Bertz CT molecular complexity index is 303. The average molecular weight is 375 g/mol. The predicted octanol–water partition coefficient (Wildman–Crippen LogP) is 4.92. The Labute approximate surface area is 161 Å². The van der Waals surface area contributed by atoms with Crippen LogP contribution < -0.4 is 0 Å². The fourth-order valence-electron chi connectivity index (χ4n) is 3.36. The molecule has 2 atom stereocenters. The Morgan fingerprint density at radius 2 is 1.42 bits per heavy atom. The summed E-state index contributed by atoms with van der Waals surface area (Å²) in [6.07, 6.45) is 9.91. The minimum absolute atomic E-state index is 0.175. The van der Waals surface area contributed by atoms with E-state index in [9.17, 15) is 0 Å². The summed E-state index contributed by atoms with van der Waals surface area (Å²) in [6.45, 7) is 12.2. The summed E-state index contributed by atoms with van der Waals surface area (Å²) in [6, 6.07) is 0. The molecule has 0 bridgehead atoms. The highest BCUT2D eigenvalue weighted by atomic mass is 16.9. The molecule has 5 nitrogen and oxygen atoms in total. The van der Waals surface area contributed by atoms with Crippen LogP contribution in [0.25, 0.3) is 0 Å². The van der Waals surface area contributed by atoms with Crippen molar-refractivity contribution in [1.29, 1.82) is 0 Å². The highest BCUT2D eigenvalue weighted by Gasteiger charge is 2.41. The lowest BCUT2D eigenvalue weighted by molar-refractivity contribution is -0.403. The van der Waals surface area contributed by atoms with Crippen molar-refractivity contribution in [2.24, 2.45) is 5.92 Å². The fraction of sp³-hybridized carbons (Fsp3) is 1.00. The van der Waals surface area contributed by atoms with Crippen LogP contribution >= 0.6 is 0 Å². The minimum Gasteiger partial charge on any atom is -0.379 e. The lowest BCUT2D eigenvalue weighted by Crippen LogP contribution is -2.47. The van der Waals surface area contributed by atoms with Gasteiger partial charge in [0.25, 0.3) is 5.97 Å². The second kappa shape index (κ2) is 14.8. The molecule has 0 radical (unpaired) electrons. The lowest BCUT2D eigenvalue weighted by Gasteiger charge is -2.39. The van der Waals surface area contributed by atoms with E-state index in [0.717, 1.165) is 19.4 Å². The van der Waals surface area contributed by atoms with E-state index in [2.05, 4.69) is 6.92 Å². The van der Waals surface area contributed by atoms with Crippen molar-refractivity contribution in [2.45, 2.75) is 91.1 Å². The third-order valence-electron chi connectivity index (χ3n) is 4.76. The molecule has 1 fully saturated rings. The Kier molecular flexibility index (Phi) is 13.6. The first-order valence-corrected chi connectivity index (χ1v) is 10.8. The van der Waals surface area contributed by atoms with Gasteiger partial charge in [-0.1, -0.05) is 45.4 Å². The zero-order valence-corrected chi connectivity index (χ0v) is 17.6. The van der Waals surface area contributed by atoms with Crippen molar-refractivity contribution in [3.63, 3.8) is 0 Å². The van der Waals surface area contributed by atoms with Crippen LogP contribution in [0.15, 0.2) is 0 Å². The van der Waals surface area contributed by atoms with Gasteiger partial charge in [-0.05, 0) is 33.6 Å². The largest absolute Gasteiger partial charge is 0.379 e. The summed E-state index contributed by atoms with van der Waals surface area (Å²) in [5.41, 5.74) is 0. The summed E-state index contributed by atoms with van der Waals surface area (Å²) in [5, 5.41) is 0. The van der Waals surface area contributed by atoms with Gasteiger partial charge in [0.15, 0.2) is 0 Å². The van der Waals surface area contributed by atoms with Gasteiger partial charge in [0.2, 0.25) is 0 Å². The average Bonchev–Trinajstić information content (AvgIpc) is 3.44.